The van der Waals surface area contributed by atoms with Gasteiger partial charge >= 0.3 is 0 Å². The van der Waals surface area contributed by atoms with Crippen LogP contribution in [-0.4, -0.2) is 15.0 Å². The summed E-state index contributed by atoms with van der Waals surface area (Å²) in [5, 5.41) is 5.85. The average molecular weight is 500 g/mol. The molecule has 0 saturated heterocycles. The van der Waals surface area contributed by atoms with E-state index in [1.165, 1.54) is 32.7 Å². The molecular formula is C35H21N3O. The van der Waals surface area contributed by atoms with Gasteiger partial charge in [0, 0.05) is 17.1 Å². The number of hydrogen-bond acceptors (Lipinski definition) is 4. The largest absolute Gasteiger partial charge is 0.436 e. The molecule has 4 nitrogen and oxygen atoms in total. The predicted molar refractivity (Wildman–Crippen MR) is 158 cm³/mol. The van der Waals surface area contributed by atoms with E-state index in [9.17, 15) is 0 Å². The van der Waals surface area contributed by atoms with Gasteiger partial charge in [0.15, 0.2) is 5.58 Å². The number of nitrogens with zero attached hydrogens (tertiary/aromatic N) is 3. The maximum atomic E-state index is 6.02. The molecule has 0 unspecified atom stereocenters. The number of para-hydroxylation sites is 2. The Bertz CT molecular complexity index is 2080. The van der Waals surface area contributed by atoms with Crippen LogP contribution in [0.15, 0.2) is 132 Å². The van der Waals surface area contributed by atoms with Crippen molar-refractivity contribution in [2.45, 2.75) is 0 Å². The first-order chi connectivity index (χ1) is 19.3. The van der Waals surface area contributed by atoms with E-state index in [4.69, 9.17) is 4.42 Å². The molecule has 39 heavy (non-hydrogen) atoms. The molecule has 2 heterocycles. The van der Waals surface area contributed by atoms with Gasteiger partial charge in [-0.15, -0.1) is 0 Å². The Balaban J connectivity index is 1.38. The number of hydrogen-bond donors (Lipinski definition) is 0. The Kier molecular flexibility index (Phi) is 4.79. The Morgan fingerprint density at radius 2 is 1.10 bits per heavy atom. The minimum atomic E-state index is 0.631. The highest BCUT2D eigenvalue weighted by Gasteiger charge is 2.18. The molecule has 8 rings (SSSR count). The lowest BCUT2D eigenvalue weighted by Gasteiger charge is -2.18. The summed E-state index contributed by atoms with van der Waals surface area (Å²) in [5.74, 6) is 0.631. The average Bonchev–Trinajstić information content (AvgIpc) is 3.44. The lowest BCUT2D eigenvalue weighted by atomic mass is 9.85. The highest BCUT2D eigenvalue weighted by Crippen LogP contribution is 2.45. The van der Waals surface area contributed by atoms with E-state index in [0.29, 0.717) is 5.89 Å². The summed E-state index contributed by atoms with van der Waals surface area (Å²) in [7, 11) is 0. The third-order valence-corrected chi connectivity index (χ3v) is 7.47. The molecule has 0 aliphatic rings. The van der Waals surface area contributed by atoms with Gasteiger partial charge in [-0.05, 0) is 74.1 Å². The molecular weight excluding hydrogens is 478 g/mol. The van der Waals surface area contributed by atoms with Gasteiger partial charge in [-0.3, -0.25) is 0 Å². The van der Waals surface area contributed by atoms with Crippen molar-refractivity contribution in [1.82, 2.24) is 15.0 Å². The third kappa shape index (κ3) is 3.42. The van der Waals surface area contributed by atoms with Crippen LogP contribution in [0.5, 0.6) is 0 Å². The maximum absolute atomic E-state index is 6.02. The minimum absolute atomic E-state index is 0.631. The van der Waals surface area contributed by atoms with Crippen molar-refractivity contribution in [3.63, 3.8) is 0 Å². The molecule has 2 aromatic heterocycles. The number of oxazole rings is 1. The van der Waals surface area contributed by atoms with E-state index in [1.54, 1.807) is 6.33 Å². The molecule has 182 valence electrons. The van der Waals surface area contributed by atoms with Crippen molar-refractivity contribution < 1.29 is 4.42 Å². The summed E-state index contributed by atoms with van der Waals surface area (Å²) in [6.45, 7) is 0. The number of fused-ring (bicyclic) bond motifs is 4. The van der Waals surface area contributed by atoms with Crippen LogP contribution >= 0.6 is 0 Å². The van der Waals surface area contributed by atoms with Gasteiger partial charge in [-0.2, -0.15) is 0 Å². The Morgan fingerprint density at radius 1 is 0.487 bits per heavy atom. The van der Waals surface area contributed by atoms with Crippen molar-refractivity contribution >= 4 is 43.5 Å². The van der Waals surface area contributed by atoms with Gasteiger partial charge in [-0.25, -0.2) is 15.0 Å². The van der Waals surface area contributed by atoms with E-state index in [-0.39, 0.29) is 0 Å². The molecule has 0 N–H and O–H groups in total. The van der Waals surface area contributed by atoms with Gasteiger partial charge in [-0.1, -0.05) is 84.9 Å². The normalized spacial score (nSPS) is 11.6. The second-order valence-electron chi connectivity index (χ2n) is 9.67. The highest BCUT2D eigenvalue weighted by molar-refractivity contribution is 6.23. The van der Waals surface area contributed by atoms with E-state index in [0.717, 1.165) is 38.7 Å². The Morgan fingerprint density at radius 3 is 1.82 bits per heavy atom. The van der Waals surface area contributed by atoms with E-state index in [2.05, 4.69) is 99.9 Å². The van der Waals surface area contributed by atoms with Gasteiger partial charge in [0.2, 0.25) is 5.89 Å². The molecule has 8 aromatic rings. The second kappa shape index (κ2) is 8.61. The molecule has 0 bridgehead atoms. The molecule has 0 spiro atoms. The molecule has 0 radical (unpaired) electrons. The van der Waals surface area contributed by atoms with Crippen LogP contribution in [0, 0.1) is 0 Å². The number of aromatic nitrogens is 3. The van der Waals surface area contributed by atoms with Crippen LogP contribution in [0.4, 0.5) is 0 Å². The standard InChI is InChI=1S/C35H21N3O/c1-3-10-26-24(8-1)33(22-16-18-23(19-17-22)35-38-31-13-5-6-15-32(31)39-35)25-9-2-4-11-27(25)34(26)28-12-7-14-30-29(28)20-36-21-37-30/h1-21H. The summed E-state index contributed by atoms with van der Waals surface area (Å²) in [6.07, 6.45) is 3.52. The van der Waals surface area contributed by atoms with E-state index >= 15 is 0 Å². The molecule has 6 aromatic carbocycles. The number of rotatable bonds is 3. The van der Waals surface area contributed by atoms with E-state index < -0.39 is 0 Å². The zero-order chi connectivity index (χ0) is 25.8. The summed E-state index contributed by atoms with van der Waals surface area (Å²) in [4.78, 5) is 13.5. The molecule has 0 aliphatic carbocycles. The second-order valence-corrected chi connectivity index (χ2v) is 9.67. The lowest BCUT2D eigenvalue weighted by molar-refractivity contribution is 0.620. The fourth-order valence-corrected chi connectivity index (χ4v) is 5.73. The van der Waals surface area contributed by atoms with Crippen LogP contribution in [-0.2, 0) is 0 Å². The fraction of sp³-hybridized carbons (Fsp3) is 0. The topological polar surface area (TPSA) is 51.8 Å². The fourth-order valence-electron chi connectivity index (χ4n) is 5.73. The maximum Gasteiger partial charge on any atom is 0.227 e. The summed E-state index contributed by atoms with van der Waals surface area (Å²) >= 11 is 0. The van der Waals surface area contributed by atoms with Crippen molar-refractivity contribution in [3.05, 3.63) is 128 Å². The van der Waals surface area contributed by atoms with Gasteiger partial charge in [0.25, 0.3) is 0 Å². The quantitative estimate of drug-likeness (QED) is 0.228. The predicted octanol–water partition coefficient (Wildman–Crippen LogP) is 9.08. The van der Waals surface area contributed by atoms with Gasteiger partial charge in [0.05, 0.1) is 5.52 Å². The molecule has 0 amide bonds. The Hall–Kier alpha value is -5.35. The van der Waals surface area contributed by atoms with Crippen LogP contribution in [0.2, 0.25) is 0 Å². The van der Waals surface area contributed by atoms with Crippen LogP contribution < -0.4 is 0 Å². The zero-order valence-electron chi connectivity index (χ0n) is 20.9. The van der Waals surface area contributed by atoms with Crippen molar-refractivity contribution in [3.8, 4) is 33.7 Å². The van der Waals surface area contributed by atoms with Crippen LogP contribution in [0.25, 0.3) is 77.3 Å². The van der Waals surface area contributed by atoms with Crippen LogP contribution in [0.1, 0.15) is 0 Å². The molecule has 0 atom stereocenters. The first-order valence-corrected chi connectivity index (χ1v) is 12.9. The SMILES string of the molecule is c1ccc2oc(-c3ccc(-c4c5ccccc5c(-c5cccc6ncncc56)c5ccccc45)cc3)nc2c1. The highest BCUT2D eigenvalue weighted by atomic mass is 16.3. The lowest BCUT2D eigenvalue weighted by Crippen LogP contribution is -1.92. The van der Waals surface area contributed by atoms with Gasteiger partial charge < -0.3 is 4.42 Å². The first kappa shape index (κ1) is 21.7. The summed E-state index contributed by atoms with van der Waals surface area (Å²) in [5.41, 5.74) is 8.25. The molecule has 0 fully saturated rings. The molecule has 0 saturated carbocycles. The molecule has 0 aliphatic heterocycles. The van der Waals surface area contributed by atoms with Crippen molar-refractivity contribution in [2.75, 3.05) is 0 Å². The number of benzene rings is 6. The van der Waals surface area contributed by atoms with Gasteiger partial charge in [0.1, 0.15) is 11.8 Å². The summed E-state index contributed by atoms with van der Waals surface area (Å²) < 4.78 is 6.02. The zero-order valence-corrected chi connectivity index (χ0v) is 20.9. The van der Waals surface area contributed by atoms with Crippen molar-refractivity contribution in [2.24, 2.45) is 0 Å². The smallest absolute Gasteiger partial charge is 0.227 e. The minimum Gasteiger partial charge on any atom is -0.436 e. The van der Waals surface area contributed by atoms with E-state index in [1.807, 2.05) is 36.5 Å². The van der Waals surface area contributed by atoms with Crippen LogP contribution in [0.3, 0.4) is 0 Å². The van der Waals surface area contributed by atoms with Crippen molar-refractivity contribution in [1.29, 1.82) is 0 Å². The monoisotopic (exact) mass is 499 g/mol. The molecule has 4 heteroatoms. The summed E-state index contributed by atoms with van der Waals surface area (Å²) in [6, 6.07) is 40.0. The Labute approximate surface area is 224 Å². The third-order valence-electron chi connectivity index (χ3n) is 7.47. The first-order valence-electron chi connectivity index (χ1n) is 12.9.